The van der Waals surface area contributed by atoms with Gasteiger partial charge < -0.3 is 19.0 Å². The van der Waals surface area contributed by atoms with Crippen LogP contribution in [0.2, 0.25) is 0 Å². The Labute approximate surface area is 250 Å². The van der Waals surface area contributed by atoms with E-state index in [2.05, 4.69) is 42.2 Å². The summed E-state index contributed by atoms with van der Waals surface area (Å²) in [5.41, 5.74) is 5.50. The summed E-state index contributed by atoms with van der Waals surface area (Å²) in [4.78, 5) is 9.77. The van der Waals surface area contributed by atoms with Crippen LogP contribution in [0.15, 0.2) is 88.3 Å². The van der Waals surface area contributed by atoms with Crippen LogP contribution < -0.4 is 4.74 Å². The summed E-state index contributed by atoms with van der Waals surface area (Å²) in [5, 5.41) is 13.2. The molecule has 7 heteroatoms. The van der Waals surface area contributed by atoms with E-state index in [0.29, 0.717) is 34.2 Å². The van der Waals surface area contributed by atoms with E-state index in [1.807, 2.05) is 49.4 Å². The molecular weight excluding hydrogens is 695 g/mol. The second kappa shape index (κ2) is 9.46. The van der Waals surface area contributed by atoms with Crippen LogP contribution in [0.4, 0.5) is 0 Å². The van der Waals surface area contributed by atoms with Gasteiger partial charge in [0.2, 0.25) is 5.88 Å². The molecule has 0 bridgehead atoms. The second-order valence-electron chi connectivity index (χ2n) is 10.8. The van der Waals surface area contributed by atoms with Gasteiger partial charge in [-0.2, -0.15) is 0 Å². The molecule has 1 aliphatic heterocycles. The summed E-state index contributed by atoms with van der Waals surface area (Å²) in [5.74, 6) is 1.42. The van der Waals surface area contributed by atoms with Crippen LogP contribution in [0.3, 0.4) is 0 Å². The predicted octanol–water partition coefficient (Wildman–Crippen LogP) is 7.75. The fourth-order valence-corrected chi connectivity index (χ4v) is 6.23. The van der Waals surface area contributed by atoms with Crippen molar-refractivity contribution in [3.63, 3.8) is 0 Å². The van der Waals surface area contributed by atoms with Crippen molar-refractivity contribution < 1.29 is 40.1 Å². The zero-order chi connectivity index (χ0) is 27.0. The summed E-state index contributed by atoms with van der Waals surface area (Å²) in [6, 6.07) is 29.0. The smallest absolute Gasteiger partial charge is 0.217 e. The van der Waals surface area contributed by atoms with Crippen molar-refractivity contribution in [1.82, 2.24) is 4.98 Å². The van der Waals surface area contributed by atoms with E-state index in [1.54, 1.807) is 12.1 Å². The molecule has 41 heavy (non-hydrogen) atoms. The molecule has 3 heterocycles. The Morgan fingerprint density at radius 2 is 1.83 bits per heavy atom. The van der Waals surface area contributed by atoms with Crippen molar-refractivity contribution in [2.24, 2.45) is 4.99 Å². The number of fused-ring (bicyclic) bond motifs is 7. The van der Waals surface area contributed by atoms with E-state index in [0.717, 1.165) is 40.1 Å². The summed E-state index contributed by atoms with van der Waals surface area (Å²) in [7, 11) is 0. The molecule has 206 valence electrons. The molecule has 6 nitrogen and oxygen atoms in total. The Morgan fingerprint density at radius 3 is 2.73 bits per heavy atom. The van der Waals surface area contributed by atoms with Crippen molar-refractivity contribution in [2.45, 2.75) is 38.3 Å². The molecule has 1 N–H and O–H groups in total. The first-order valence-corrected chi connectivity index (χ1v) is 13.5. The third kappa shape index (κ3) is 4.04. The van der Waals surface area contributed by atoms with E-state index in [4.69, 9.17) is 18.9 Å². The topological polar surface area (TPSA) is 77.1 Å². The van der Waals surface area contributed by atoms with Crippen molar-refractivity contribution in [3.8, 4) is 17.4 Å². The van der Waals surface area contributed by atoms with Gasteiger partial charge in [-0.05, 0) is 73.2 Å². The maximum absolute atomic E-state index is 10.5. The van der Waals surface area contributed by atoms with Crippen molar-refractivity contribution >= 4 is 38.7 Å². The number of aromatic nitrogens is 1. The molecular formula is C34H25N2O4Pt-. The number of furan rings is 1. The number of benzene rings is 4. The number of hydrogen-bond donors (Lipinski definition) is 1. The van der Waals surface area contributed by atoms with Crippen LogP contribution in [0.5, 0.6) is 17.4 Å². The van der Waals surface area contributed by atoms with Gasteiger partial charge >= 0.3 is 0 Å². The quantitative estimate of drug-likeness (QED) is 0.190. The number of ether oxygens (including phenoxy) is 2. The van der Waals surface area contributed by atoms with E-state index >= 15 is 0 Å². The van der Waals surface area contributed by atoms with E-state index in [9.17, 15) is 5.11 Å². The van der Waals surface area contributed by atoms with Gasteiger partial charge in [-0.25, -0.2) is 4.98 Å². The van der Waals surface area contributed by atoms with Crippen LogP contribution in [0.25, 0.3) is 32.8 Å². The Bertz CT molecular complexity index is 2030. The van der Waals surface area contributed by atoms with E-state index < -0.39 is 5.54 Å². The molecule has 0 spiro atoms. The molecule has 0 saturated heterocycles. The summed E-state index contributed by atoms with van der Waals surface area (Å²) in [6.45, 7) is 4.08. The third-order valence-corrected chi connectivity index (χ3v) is 8.16. The number of rotatable bonds is 3. The normalized spacial score (nSPS) is 19.4. The SMILES string of the molecule is Cc1cc(O)c2nc(Oc3[c-]c(C4=N[C@@]5(C)c6ccccc6CC[C@@H]5O4)c4oc5ccccc5c4c3)ccc2c1.[Pt]. The number of para-hydroxylation sites is 1. The Balaban J connectivity index is 0.00000276. The zero-order valence-electron chi connectivity index (χ0n) is 22.4. The molecule has 0 radical (unpaired) electrons. The van der Waals surface area contributed by atoms with Crippen molar-refractivity contribution in [1.29, 1.82) is 0 Å². The Hall–Kier alpha value is -4.15. The maximum Gasteiger partial charge on any atom is 0.217 e. The van der Waals surface area contributed by atoms with Crippen LogP contribution in [0.1, 0.15) is 35.6 Å². The predicted molar refractivity (Wildman–Crippen MR) is 154 cm³/mol. The molecule has 0 amide bonds. The van der Waals surface area contributed by atoms with Crippen LogP contribution >= 0.6 is 0 Å². The minimum absolute atomic E-state index is 0. The van der Waals surface area contributed by atoms with Gasteiger partial charge in [0.15, 0.2) is 0 Å². The number of pyridine rings is 1. The molecule has 2 aliphatic rings. The number of phenols is 1. The molecule has 8 rings (SSSR count). The van der Waals surface area contributed by atoms with Gasteiger partial charge in [0.1, 0.15) is 34.4 Å². The van der Waals surface area contributed by atoms with Gasteiger partial charge in [0, 0.05) is 43.7 Å². The molecule has 0 unspecified atom stereocenters. The summed E-state index contributed by atoms with van der Waals surface area (Å²) >= 11 is 0. The number of phenolic OH excluding ortho intramolecular Hbond substituents is 1. The minimum atomic E-state index is -0.497. The molecule has 6 aromatic rings. The first kappa shape index (κ1) is 25.8. The number of aromatic hydroxyl groups is 1. The van der Waals surface area contributed by atoms with Crippen molar-refractivity contribution in [3.05, 3.63) is 107 Å². The third-order valence-electron chi connectivity index (χ3n) is 8.16. The van der Waals surface area contributed by atoms with Crippen LogP contribution in [-0.4, -0.2) is 22.1 Å². The number of aliphatic imine (C=N–C) groups is 1. The first-order chi connectivity index (χ1) is 19.5. The van der Waals surface area contributed by atoms with Gasteiger partial charge in [-0.1, -0.05) is 60.0 Å². The fraction of sp³-hybridized carbons (Fsp3) is 0.176. The zero-order valence-corrected chi connectivity index (χ0v) is 24.7. The van der Waals surface area contributed by atoms with Crippen LogP contribution in [-0.2, 0) is 37.8 Å². The van der Waals surface area contributed by atoms with Gasteiger partial charge in [0.25, 0.3) is 0 Å². The number of nitrogens with zero attached hydrogens (tertiary/aromatic N) is 2. The van der Waals surface area contributed by atoms with Gasteiger partial charge in [-0.15, -0.1) is 0 Å². The average molecular weight is 721 g/mol. The molecule has 1 aliphatic carbocycles. The average Bonchev–Trinajstić information content (AvgIpc) is 3.51. The van der Waals surface area contributed by atoms with Gasteiger partial charge in [-0.3, -0.25) is 4.99 Å². The molecule has 0 fully saturated rings. The van der Waals surface area contributed by atoms with Gasteiger partial charge in [0.05, 0.1) is 5.58 Å². The maximum atomic E-state index is 10.5. The van der Waals surface area contributed by atoms with Crippen LogP contribution in [0, 0.1) is 13.0 Å². The number of aryl methyl sites for hydroxylation is 2. The summed E-state index contributed by atoms with van der Waals surface area (Å²) < 4.78 is 19.2. The Kier molecular flexibility index (Phi) is 5.95. The molecule has 4 aromatic carbocycles. The second-order valence-corrected chi connectivity index (χ2v) is 10.8. The molecule has 0 saturated carbocycles. The number of hydrogen-bond acceptors (Lipinski definition) is 6. The monoisotopic (exact) mass is 720 g/mol. The molecule has 2 atom stereocenters. The fourth-order valence-electron chi connectivity index (χ4n) is 6.23. The van der Waals surface area contributed by atoms with E-state index in [-0.39, 0.29) is 32.9 Å². The first-order valence-electron chi connectivity index (χ1n) is 13.5. The standard InChI is InChI=1S/C34H25N2O4.Pt/c1-19-15-21-12-14-30(35-31(21)27(37)16-19)38-22-17-24-23-8-4-6-10-28(23)39-32(24)25(18-22)33-36-34(2)26-9-5-3-7-20(26)11-13-29(34)40-33;/h3-10,12,14-17,29,37H,11,13H2,1-2H3;/q-1;/t29-,34-;/m0./s1. The summed E-state index contributed by atoms with van der Waals surface area (Å²) in [6.07, 6.45) is 1.75. The van der Waals surface area contributed by atoms with E-state index in [1.165, 1.54) is 11.1 Å². The largest absolute Gasteiger partial charge is 0.514 e. The Morgan fingerprint density at radius 1 is 1.00 bits per heavy atom. The minimum Gasteiger partial charge on any atom is -0.514 e. The molecule has 2 aromatic heterocycles. The van der Waals surface area contributed by atoms with Crippen molar-refractivity contribution in [2.75, 3.05) is 0 Å².